The Labute approximate surface area is 144 Å². The fourth-order valence-electron chi connectivity index (χ4n) is 2.55. The SMILES string of the molecule is CCNC(=NCc1ccc(O)c(F)c1)NCC(CCO)CC(C)C. The van der Waals surface area contributed by atoms with Crippen LogP contribution in [0.2, 0.25) is 0 Å². The Kier molecular flexibility index (Phi) is 9.15. The second-order valence-corrected chi connectivity index (χ2v) is 6.37. The van der Waals surface area contributed by atoms with E-state index in [0.717, 1.165) is 25.9 Å². The molecule has 0 saturated carbocycles. The van der Waals surface area contributed by atoms with E-state index in [4.69, 9.17) is 0 Å². The zero-order chi connectivity index (χ0) is 17.9. The van der Waals surface area contributed by atoms with E-state index < -0.39 is 5.82 Å². The van der Waals surface area contributed by atoms with Crippen molar-refractivity contribution in [2.75, 3.05) is 19.7 Å². The number of aliphatic imine (C=N–C) groups is 1. The summed E-state index contributed by atoms with van der Waals surface area (Å²) in [7, 11) is 0. The first-order valence-corrected chi connectivity index (χ1v) is 8.56. The third-order valence-electron chi connectivity index (χ3n) is 3.68. The van der Waals surface area contributed by atoms with E-state index in [1.807, 2.05) is 6.92 Å². The van der Waals surface area contributed by atoms with E-state index in [2.05, 4.69) is 29.5 Å². The number of phenols is 1. The lowest BCUT2D eigenvalue weighted by molar-refractivity contribution is 0.243. The minimum absolute atomic E-state index is 0.180. The zero-order valence-electron chi connectivity index (χ0n) is 14.8. The molecule has 0 aliphatic carbocycles. The van der Waals surface area contributed by atoms with E-state index in [1.165, 1.54) is 12.1 Å². The number of aliphatic hydroxyl groups is 1. The molecule has 1 aromatic rings. The van der Waals surface area contributed by atoms with Gasteiger partial charge >= 0.3 is 0 Å². The van der Waals surface area contributed by atoms with E-state index in [-0.39, 0.29) is 12.4 Å². The van der Waals surface area contributed by atoms with Gasteiger partial charge in [-0.05, 0) is 49.3 Å². The highest BCUT2D eigenvalue weighted by molar-refractivity contribution is 5.79. The standard InChI is InChI=1S/C18H30FN3O2/c1-4-20-18(22-12-15(7-8-23)9-13(2)3)21-11-14-5-6-17(24)16(19)10-14/h5-6,10,13,15,23-24H,4,7-9,11-12H2,1-3H3,(H2,20,21,22). The predicted octanol–water partition coefficient (Wildman–Crippen LogP) is 2.63. The van der Waals surface area contributed by atoms with Gasteiger partial charge in [0.25, 0.3) is 0 Å². The molecule has 1 atom stereocenters. The largest absolute Gasteiger partial charge is 0.505 e. The Hall–Kier alpha value is -1.82. The lowest BCUT2D eigenvalue weighted by atomic mass is 9.94. The molecule has 0 heterocycles. The van der Waals surface area contributed by atoms with E-state index in [1.54, 1.807) is 6.07 Å². The molecule has 0 spiro atoms. The number of aliphatic hydroxyl groups excluding tert-OH is 1. The first kappa shape index (κ1) is 20.2. The van der Waals surface area contributed by atoms with Crippen LogP contribution >= 0.6 is 0 Å². The summed E-state index contributed by atoms with van der Waals surface area (Å²) < 4.78 is 13.4. The summed E-state index contributed by atoms with van der Waals surface area (Å²) in [5, 5.41) is 24.9. The van der Waals surface area contributed by atoms with E-state index in [9.17, 15) is 14.6 Å². The Morgan fingerprint density at radius 1 is 1.29 bits per heavy atom. The van der Waals surface area contributed by atoms with Crippen LogP contribution in [0.5, 0.6) is 5.75 Å². The van der Waals surface area contributed by atoms with Crippen LogP contribution in [-0.4, -0.2) is 35.9 Å². The molecule has 5 nitrogen and oxygen atoms in total. The fraction of sp³-hybridized carbons (Fsp3) is 0.611. The number of aromatic hydroxyl groups is 1. The lowest BCUT2D eigenvalue weighted by Crippen LogP contribution is -2.40. The Bertz CT molecular complexity index is 521. The average Bonchev–Trinajstić information content (AvgIpc) is 2.52. The quantitative estimate of drug-likeness (QED) is 0.412. The van der Waals surface area contributed by atoms with Gasteiger partial charge in [-0.3, -0.25) is 0 Å². The molecular weight excluding hydrogens is 309 g/mol. The van der Waals surface area contributed by atoms with Crippen molar-refractivity contribution < 1.29 is 14.6 Å². The van der Waals surface area contributed by atoms with Crippen LogP contribution < -0.4 is 10.6 Å². The van der Waals surface area contributed by atoms with Gasteiger partial charge in [-0.15, -0.1) is 0 Å². The normalized spacial score (nSPS) is 13.2. The Morgan fingerprint density at radius 2 is 2.04 bits per heavy atom. The molecule has 24 heavy (non-hydrogen) atoms. The van der Waals surface area contributed by atoms with Gasteiger partial charge in [-0.2, -0.15) is 0 Å². The number of nitrogens with one attached hydrogen (secondary N) is 2. The van der Waals surface area contributed by atoms with Crippen molar-refractivity contribution in [3.8, 4) is 5.75 Å². The van der Waals surface area contributed by atoms with Crippen molar-refractivity contribution in [1.29, 1.82) is 0 Å². The molecule has 0 bridgehead atoms. The molecule has 6 heteroatoms. The number of hydrogen-bond donors (Lipinski definition) is 4. The van der Waals surface area contributed by atoms with Gasteiger partial charge in [0.15, 0.2) is 17.5 Å². The van der Waals surface area contributed by atoms with Crippen molar-refractivity contribution in [2.45, 2.75) is 40.2 Å². The highest BCUT2D eigenvalue weighted by atomic mass is 19.1. The van der Waals surface area contributed by atoms with Gasteiger partial charge in [-0.25, -0.2) is 9.38 Å². The molecule has 0 amide bonds. The maximum atomic E-state index is 13.4. The topological polar surface area (TPSA) is 76.9 Å². The maximum Gasteiger partial charge on any atom is 0.191 e. The van der Waals surface area contributed by atoms with Gasteiger partial charge in [-0.1, -0.05) is 19.9 Å². The summed E-state index contributed by atoms with van der Waals surface area (Å²) in [5.41, 5.74) is 0.691. The molecular formula is C18H30FN3O2. The number of hydrogen-bond acceptors (Lipinski definition) is 3. The van der Waals surface area contributed by atoms with Crippen LogP contribution in [0.3, 0.4) is 0 Å². The summed E-state index contributed by atoms with van der Waals surface area (Å²) in [5.74, 6) is 0.624. The van der Waals surface area contributed by atoms with Crippen molar-refractivity contribution in [3.63, 3.8) is 0 Å². The third-order valence-corrected chi connectivity index (χ3v) is 3.68. The van der Waals surface area contributed by atoms with Gasteiger partial charge < -0.3 is 20.8 Å². The van der Waals surface area contributed by atoms with Crippen LogP contribution in [0.15, 0.2) is 23.2 Å². The number of phenolic OH excluding ortho intramolecular Hbond substituents is 1. The number of nitrogens with zero attached hydrogens (tertiary/aromatic N) is 1. The Morgan fingerprint density at radius 3 is 2.62 bits per heavy atom. The van der Waals surface area contributed by atoms with Crippen LogP contribution in [-0.2, 0) is 6.54 Å². The number of guanidine groups is 1. The number of halogens is 1. The first-order valence-electron chi connectivity index (χ1n) is 8.56. The van der Waals surface area contributed by atoms with Crippen molar-refractivity contribution in [2.24, 2.45) is 16.8 Å². The molecule has 1 unspecified atom stereocenters. The van der Waals surface area contributed by atoms with Gasteiger partial charge in [0, 0.05) is 19.7 Å². The fourth-order valence-corrected chi connectivity index (χ4v) is 2.55. The van der Waals surface area contributed by atoms with Gasteiger partial charge in [0.05, 0.1) is 6.54 Å². The van der Waals surface area contributed by atoms with Gasteiger partial charge in [0.1, 0.15) is 0 Å². The van der Waals surface area contributed by atoms with E-state index >= 15 is 0 Å². The highest BCUT2D eigenvalue weighted by Crippen LogP contribution is 2.17. The summed E-state index contributed by atoms with van der Waals surface area (Å²) in [4.78, 5) is 4.45. The Balaban J connectivity index is 2.65. The molecule has 0 aliphatic heterocycles. The molecule has 4 N–H and O–H groups in total. The van der Waals surface area contributed by atoms with Crippen LogP contribution in [0.25, 0.3) is 0 Å². The molecule has 0 aromatic heterocycles. The second kappa shape index (κ2) is 10.9. The zero-order valence-corrected chi connectivity index (χ0v) is 14.8. The third kappa shape index (κ3) is 7.64. The highest BCUT2D eigenvalue weighted by Gasteiger charge is 2.11. The van der Waals surface area contributed by atoms with Crippen molar-refractivity contribution in [1.82, 2.24) is 10.6 Å². The molecule has 1 rings (SSSR count). The monoisotopic (exact) mass is 339 g/mol. The van der Waals surface area contributed by atoms with Crippen molar-refractivity contribution >= 4 is 5.96 Å². The lowest BCUT2D eigenvalue weighted by Gasteiger charge is -2.20. The van der Waals surface area contributed by atoms with Crippen LogP contribution in [0.1, 0.15) is 39.2 Å². The molecule has 0 radical (unpaired) electrons. The summed E-state index contributed by atoms with van der Waals surface area (Å²) in [6.07, 6.45) is 1.80. The number of rotatable bonds is 9. The summed E-state index contributed by atoms with van der Waals surface area (Å²) in [6, 6.07) is 4.27. The summed E-state index contributed by atoms with van der Waals surface area (Å²) in [6.45, 7) is 8.28. The van der Waals surface area contributed by atoms with Gasteiger partial charge in [0.2, 0.25) is 0 Å². The smallest absolute Gasteiger partial charge is 0.191 e. The van der Waals surface area contributed by atoms with Crippen molar-refractivity contribution in [3.05, 3.63) is 29.6 Å². The van der Waals surface area contributed by atoms with Crippen LogP contribution in [0, 0.1) is 17.7 Å². The molecule has 0 aliphatic rings. The average molecular weight is 339 g/mol. The first-order chi connectivity index (χ1) is 11.5. The predicted molar refractivity (Wildman–Crippen MR) is 95.5 cm³/mol. The van der Waals surface area contributed by atoms with E-state index in [0.29, 0.717) is 29.9 Å². The van der Waals surface area contributed by atoms with Crippen LogP contribution in [0.4, 0.5) is 4.39 Å². The second-order valence-electron chi connectivity index (χ2n) is 6.37. The molecule has 0 fully saturated rings. The molecule has 1 aromatic carbocycles. The minimum atomic E-state index is -0.638. The minimum Gasteiger partial charge on any atom is -0.505 e. The summed E-state index contributed by atoms with van der Waals surface area (Å²) >= 11 is 0. The maximum absolute atomic E-state index is 13.4. The molecule has 136 valence electrons. The number of benzene rings is 1. The molecule has 0 saturated heterocycles.